The molecule has 0 amide bonds. The van der Waals surface area contributed by atoms with Gasteiger partial charge in [-0.3, -0.25) is 9.59 Å². The van der Waals surface area contributed by atoms with Crippen LogP contribution in [0.2, 0.25) is 10.0 Å². The number of hydrogen-bond acceptors (Lipinski definition) is 6. The predicted octanol–water partition coefficient (Wildman–Crippen LogP) is 7.25. The summed E-state index contributed by atoms with van der Waals surface area (Å²) in [6, 6.07) is 6.91. The highest BCUT2D eigenvalue weighted by atomic mass is 35.5. The lowest BCUT2D eigenvalue weighted by molar-refractivity contribution is -0.137. The maximum Gasteiger partial charge on any atom is 0.303 e. The van der Waals surface area contributed by atoms with Crippen LogP contribution in [0.5, 0.6) is 0 Å². The van der Waals surface area contributed by atoms with Gasteiger partial charge in [0.2, 0.25) is 0 Å². The molecule has 4 rings (SSSR count). The van der Waals surface area contributed by atoms with E-state index in [2.05, 4.69) is 31.1 Å². The number of nitrogens with zero attached hydrogens (tertiary/aromatic N) is 2. The van der Waals surface area contributed by atoms with Crippen LogP contribution in [0.15, 0.2) is 33.3 Å². The van der Waals surface area contributed by atoms with E-state index in [0.717, 1.165) is 30.6 Å². The number of aromatic nitrogens is 2. The molecule has 2 aromatic heterocycles. The highest BCUT2D eigenvalue weighted by molar-refractivity contribution is 6.35. The van der Waals surface area contributed by atoms with Crippen LogP contribution in [0.1, 0.15) is 87.3 Å². The molecule has 1 aromatic carbocycles. The molecule has 192 valence electrons. The van der Waals surface area contributed by atoms with Crippen molar-refractivity contribution in [2.45, 2.75) is 77.6 Å². The zero-order valence-corrected chi connectivity index (χ0v) is 22.2. The Morgan fingerprint density at radius 3 is 2.53 bits per heavy atom. The molecule has 0 bridgehead atoms. The normalized spacial score (nSPS) is 14.7. The third-order valence-electron chi connectivity index (χ3n) is 6.21. The van der Waals surface area contributed by atoms with Crippen molar-refractivity contribution in [3.8, 4) is 11.5 Å². The van der Waals surface area contributed by atoms with Crippen LogP contribution in [0.25, 0.3) is 11.5 Å². The Morgan fingerprint density at radius 1 is 1.14 bits per heavy atom. The summed E-state index contributed by atoms with van der Waals surface area (Å²) < 4.78 is 11.3. The second-order valence-electron chi connectivity index (χ2n) is 10.8. The number of hydrogen-bond donors (Lipinski definition) is 1. The first-order valence-corrected chi connectivity index (χ1v) is 12.9. The summed E-state index contributed by atoms with van der Waals surface area (Å²) >= 11 is 12.2. The fourth-order valence-corrected chi connectivity index (χ4v) is 4.91. The number of carbonyl (C=O) groups is 2. The molecule has 1 N–H and O–H groups in total. The number of halogens is 2. The molecule has 1 fully saturated rings. The van der Waals surface area contributed by atoms with Gasteiger partial charge < -0.3 is 14.2 Å². The van der Waals surface area contributed by atoms with Gasteiger partial charge in [-0.15, -0.1) is 0 Å². The molecule has 0 saturated heterocycles. The molecular weight excluding hydrogens is 503 g/mol. The molecule has 36 heavy (non-hydrogen) atoms. The molecule has 1 aliphatic rings. The molecule has 0 spiro atoms. The summed E-state index contributed by atoms with van der Waals surface area (Å²) in [6.07, 6.45) is 3.14. The Morgan fingerprint density at radius 2 is 1.89 bits per heavy atom. The van der Waals surface area contributed by atoms with Crippen molar-refractivity contribution in [1.82, 2.24) is 10.3 Å². The highest BCUT2D eigenvalue weighted by Crippen LogP contribution is 2.48. The average molecular weight is 533 g/mol. The standard InChI is InChI=1S/C27H30Cl2N2O5/c1-27(2,3)14-20-13-22(30-35-20)26-24(15-4-5-15)25(31-36-26)17(7-9-23(33)34)11-19(32)10-16-6-8-18(28)12-21(16)29/h6,8,12-13,15,17H,4-5,7,9-11,14H2,1-3H3,(H,33,34)/t17-/m1/s1. The summed E-state index contributed by atoms with van der Waals surface area (Å²) in [6.45, 7) is 6.37. The van der Waals surface area contributed by atoms with Crippen LogP contribution in [0.4, 0.5) is 0 Å². The number of aliphatic carboxylic acids is 1. The lowest BCUT2D eigenvalue weighted by atomic mass is 9.87. The molecule has 0 radical (unpaired) electrons. The predicted molar refractivity (Wildman–Crippen MR) is 137 cm³/mol. The van der Waals surface area contributed by atoms with Gasteiger partial charge in [0, 0.05) is 53.3 Å². The fraction of sp³-hybridized carbons (Fsp3) is 0.481. The monoisotopic (exact) mass is 532 g/mol. The quantitative estimate of drug-likeness (QED) is 0.277. The third kappa shape index (κ3) is 6.77. The third-order valence-corrected chi connectivity index (χ3v) is 6.79. The topological polar surface area (TPSA) is 106 Å². The maximum absolute atomic E-state index is 13.1. The van der Waals surface area contributed by atoms with E-state index in [1.54, 1.807) is 18.2 Å². The molecule has 7 nitrogen and oxygen atoms in total. The molecule has 2 heterocycles. The van der Waals surface area contributed by atoms with Gasteiger partial charge >= 0.3 is 5.97 Å². The number of rotatable bonds is 11. The van der Waals surface area contributed by atoms with Gasteiger partial charge in [0.1, 0.15) is 11.5 Å². The second kappa shape index (κ2) is 10.8. The number of benzene rings is 1. The van der Waals surface area contributed by atoms with Gasteiger partial charge in [-0.2, -0.15) is 0 Å². The van der Waals surface area contributed by atoms with E-state index in [9.17, 15) is 14.7 Å². The van der Waals surface area contributed by atoms with Crippen molar-refractivity contribution in [2.75, 3.05) is 0 Å². The molecule has 0 unspecified atom stereocenters. The minimum atomic E-state index is -0.923. The Bertz CT molecular complexity index is 1250. The first-order chi connectivity index (χ1) is 17.0. The van der Waals surface area contributed by atoms with Crippen molar-refractivity contribution < 1.29 is 23.7 Å². The van der Waals surface area contributed by atoms with Crippen molar-refractivity contribution in [2.24, 2.45) is 5.41 Å². The van der Waals surface area contributed by atoms with Gasteiger partial charge in [-0.25, -0.2) is 0 Å². The van der Waals surface area contributed by atoms with Gasteiger partial charge in [-0.1, -0.05) is 60.4 Å². The van der Waals surface area contributed by atoms with Crippen molar-refractivity contribution in [1.29, 1.82) is 0 Å². The Labute approximate surface area is 220 Å². The van der Waals surface area contributed by atoms with E-state index in [4.69, 9.17) is 32.2 Å². The van der Waals surface area contributed by atoms with Crippen LogP contribution in [-0.2, 0) is 22.4 Å². The van der Waals surface area contributed by atoms with E-state index >= 15 is 0 Å². The molecule has 9 heteroatoms. The zero-order chi connectivity index (χ0) is 26.0. The van der Waals surface area contributed by atoms with E-state index in [1.807, 2.05) is 6.07 Å². The lowest BCUT2D eigenvalue weighted by Gasteiger charge is -2.15. The van der Waals surface area contributed by atoms with E-state index in [1.165, 1.54) is 0 Å². The molecular formula is C27H30Cl2N2O5. The zero-order valence-electron chi connectivity index (χ0n) is 20.6. The van der Waals surface area contributed by atoms with Crippen molar-refractivity contribution >= 4 is 35.0 Å². The van der Waals surface area contributed by atoms with E-state index in [-0.39, 0.29) is 42.8 Å². The van der Waals surface area contributed by atoms with Crippen LogP contribution in [-0.4, -0.2) is 27.2 Å². The molecule has 1 aliphatic carbocycles. The average Bonchev–Trinajstić information content (AvgIpc) is 3.35. The molecule has 3 aromatic rings. The highest BCUT2D eigenvalue weighted by Gasteiger charge is 2.37. The largest absolute Gasteiger partial charge is 0.481 e. The number of ketones is 1. The number of carboxylic acid groups (broad SMARTS) is 1. The van der Waals surface area contributed by atoms with Crippen molar-refractivity contribution in [3.63, 3.8) is 0 Å². The lowest BCUT2D eigenvalue weighted by Crippen LogP contribution is -2.13. The number of Topliss-reactive ketones (excluding diaryl/α,β-unsaturated/α-hetero) is 1. The Hall–Kier alpha value is -2.64. The van der Waals surface area contributed by atoms with Gasteiger partial charge in [0.25, 0.3) is 0 Å². The summed E-state index contributed by atoms with van der Waals surface area (Å²) in [7, 11) is 0. The summed E-state index contributed by atoms with van der Waals surface area (Å²) in [5.41, 5.74) is 2.85. The summed E-state index contributed by atoms with van der Waals surface area (Å²) in [5.74, 6) is 0.175. The molecule has 1 saturated carbocycles. The smallest absolute Gasteiger partial charge is 0.303 e. The first kappa shape index (κ1) is 26.4. The minimum absolute atomic E-state index is 0.0397. The van der Waals surface area contributed by atoms with Gasteiger partial charge in [0.05, 0.1) is 5.69 Å². The molecule has 1 atom stereocenters. The van der Waals surface area contributed by atoms with Crippen LogP contribution >= 0.6 is 23.2 Å². The fourth-order valence-electron chi connectivity index (χ4n) is 4.44. The van der Waals surface area contributed by atoms with Gasteiger partial charge in [-0.05, 0) is 48.3 Å². The summed E-state index contributed by atoms with van der Waals surface area (Å²) in [4.78, 5) is 24.4. The van der Waals surface area contributed by atoms with E-state index < -0.39 is 11.9 Å². The number of carbonyl (C=O) groups excluding carboxylic acids is 1. The second-order valence-corrected chi connectivity index (χ2v) is 11.6. The van der Waals surface area contributed by atoms with Crippen LogP contribution in [0, 0.1) is 5.41 Å². The molecule has 0 aliphatic heterocycles. The van der Waals surface area contributed by atoms with Crippen molar-refractivity contribution in [3.05, 3.63) is 56.9 Å². The van der Waals surface area contributed by atoms with Crippen LogP contribution in [0.3, 0.4) is 0 Å². The van der Waals surface area contributed by atoms with Crippen LogP contribution < -0.4 is 0 Å². The SMILES string of the molecule is CC(C)(C)Cc1cc(-c2onc([C@H](CCC(=O)O)CC(=O)Cc3ccc(Cl)cc3Cl)c2C2CC2)no1. The van der Waals surface area contributed by atoms with E-state index in [0.29, 0.717) is 32.8 Å². The van der Waals surface area contributed by atoms with Gasteiger partial charge in [0.15, 0.2) is 11.5 Å². The Balaban J connectivity index is 1.60. The summed E-state index contributed by atoms with van der Waals surface area (Å²) in [5, 5.41) is 18.8. The maximum atomic E-state index is 13.1. The number of carboxylic acids is 1. The minimum Gasteiger partial charge on any atom is -0.481 e. The Kier molecular flexibility index (Phi) is 7.90. The first-order valence-electron chi connectivity index (χ1n) is 12.1.